The van der Waals surface area contributed by atoms with E-state index in [1.165, 1.54) is 5.57 Å². The monoisotopic (exact) mass is 264 g/mol. The van der Waals surface area contributed by atoms with E-state index in [4.69, 9.17) is 18.7 Å². The molecule has 0 unspecified atom stereocenters. The van der Waals surface area contributed by atoms with Crippen LogP contribution in [0.25, 0.3) is 0 Å². The molecule has 0 bridgehead atoms. The summed E-state index contributed by atoms with van der Waals surface area (Å²) in [7, 11) is 1.72. The van der Waals surface area contributed by atoms with E-state index in [1.54, 1.807) is 7.11 Å². The van der Waals surface area contributed by atoms with E-state index in [-0.39, 0.29) is 17.1 Å². The summed E-state index contributed by atoms with van der Waals surface area (Å²) in [5.74, 6) is 1.10. The number of rotatable bonds is 1. The molecule has 1 aliphatic carbocycles. The molecule has 1 aliphatic rings. The van der Waals surface area contributed by atoms with Crippen LogP contribution < -0.4 is 0 Å². The van der Waals surface area contributed by atoms with Crippen LogP contribution >= 0.6 is 0 Å². The van der Waals surface area contributed by atoms with Gasteiger partial charge in [-0.3, -0.25) is 0 Å². The van der Waals surface area contributed by atoms with Gasteiger partial charge >= 0.3 is 33.9 Å². The number of hydrogen-bond acceptors (Lipinski definition) is 1. The summed E-state index contributed by atoms with van der Waals surface area (Å²) in [5, 5.41) is 0. The first-order chi connectivity index (χ1) is 7.33. The molecular formula is C11H12FeO4. The molecule has 0 saturated heterocycles. The molecule has 4 nitrogen and oxygen atoms in total. The van der Waals surface area contributed by atoms with Crippen molar-refractivity contribution in [2.24, 2.45) is 0 Å². The maximum Gasteiger partial charge on any atom is 0 e. The molecule has 0 aromatic heterocycles. The Hall–Kier alpha value is -0.981. The Balaban J connectivity index is -0.0000000900. The third-order valence-corrected chi connectivity index (χ3v) is 1.58. The molecule has 0 amide bonds. The van der Waals surface area contributed by atoms with Crippen LogP contribution in [-0.2, 0) is 35.8 Å². The first kappa shape index (κ1) is 24.3. The van der Waals surface area contributed by atoms with Gasteiger partial charge in [0.25, 0.3) is 0 Å². The normalized spacial score (nSPS) is 10.8. The second-order valence-electron chi connectivity index (χ2n) is 2.35. The van der Waals surface area contributed by atoms with Crippen LogP contribution in [0.1, 0.15) is 19.8 Å². The van der Waals surface area contributed by atoms with Gasteiger partial charge in [0.2, 0.25) is 0 Å². The van der Waals surface area contributed by atoms with E-state index in [0.717, 1.165) is 18.6 Å². The van der Waals surface area contributed by atoms with Crippen molar-refractivity contribution in [1.29, 1.82) is 0 Å². The molecule has 0 N–H and O–H groups in total. The topological polar surface area (TPSA) is 68.9 Å². The van der Waals surface area contributed by atoms with Gasteiger partial charge in [-0.15, -0.1) is 0 Å². The fraction of sp³-hybridized carbons (Fsp3) is 0.364. The molecule has 88 valence electrons. The van der Waals surface area contributed by atoms with Crippen molar-refractivity contribution in [3.8, 4) is 0 Å². The summed E-state index contributed by atoms with van der Waals surface area (Å²) in [5.41, 5.74) is 1.44. The summed E-state index contributed by atoms with van der Waals surface area (Å²) in [4.78, 5) is 0. The summed E-state index contributed by atoms with van der Waals surface area (Å²) < 4.78 is 27.6. The van der Waals surface area contributed by atoms with E-state index in [0.29, 0.717) is 0 Å². The molecule has 0 spiro atoms. The first-order valence-corrected chi connectivity index (χ1v) is 3.84. The van der Waals surface area contributed by atoms with Crippen molar-refractivity contribution >= 4 is 0 Å². The second kappa shape index (κ2) is 23.7. The molecule has 0 heterocycles. The van der Waals surface area contributed by atoms with Crippen LogP contribution in [0.3, 0.4) is 0 Å². The van der Waals surface area contributed by atoms with E-state index in [9.17, 15) is 0 Å². The van der Waals surface area contributed by atoms with Gasteiger partial charge < -0.3 is 4.74 Å². The zero-order chi connectivity index (χ0) is 12.7. The molecule has 0 aliphatic heterocycles. The Morgan fingerprint density at radius 3 is 1.69 bits per heavy atom. The average Bonchev–Trinajstić information content (AvgIpc) is 2.38. The van der Waals surface area contributed by atoms with Gasteiger partial charge in [0.05, 0.1) is 12.9 Å². The minimum atomic E-state index is 0. The summed E-state index contributed by atoms with van der Waals surface area (Å²) in [6, 6.07) is 0. The largest absolute Gasteiger partial charge is 0 e. The van der Waals surface area contributed by atoms with Gasteiger partial charge in [-0.05, 0) is 19.4 Å². The molecule has 16 heavy (non-hydrogen) atoms. The van der Waals surface area contributed by atoms with Gasteiger partial charge in [-0.25, -0.2) is 0 Å². The zero-order valence-corrected chi connectivity index (χ0v) is 10.2. The van der Waals surface area contributed by atoms with Crippen molar-refractivity contribution < 1.29 is 35.8 Å². The third-order valence-electron chi connectivity index (χ3n) is 1.58. The van der Waals surface area contributed by atoms with Crippen LogP contribution in [0.15, 0.2) is 23.5 Å². The van der Waals surface area contributed by atoms with Crippen LogP contribution in [-0.4, -0.2) is 7.11 Å². The van der Waals surface area contributed by atoms with Gasteiger partial charge in [-0.1, -0.05) is 11.6 Å². The van der Waals surface area contributed by atoms with E-state index < -0.39 is 0 Å². The quantitative estimate of drug-likeness (QED) is 0.406. The molecule has 0 aromatic carbocycles. The molecule has 0 atom stereocenters. The van der Waals surface area contributed by atoms with Crippen molar-refractivity contribution in [1.82, 2.24) is 0 Å². The Morgan fingerprint density at radius 1 is 1.00 bits per heavy atom. The minimum Gasteiger partial charge on any atom is 0 e. The Bertz CT molecular complexity index is 247. The maximum atomic E-state index is 7.50. The first-order valence-electron chi connectivity index (χ1n) is 3.84. The van der Waals surface area contributed by atoms with Crippen molar-refractivity contribution in [2.75, 3.05) is 7.11 Å². The molecule has 0 fully saturated rings. The van der Waals surface area contributed by atoms with Gasteiger partial charge in [0.1, 0.15) is 0 Å². The fourth-order valence-electron chi connectivity index (χ4n) is 0.892. The Labute approximate surface area is 106 Å². The van der Waals surface area contributed by atoms with Crippen molar-refractivity contribution in [3.05, 3.63) is 43.4 Å². The summed E-state index contributed by atoms with van der Waals surface area (Å²) in [6.45, 7) is 15.6. The Morgan fingerprint density at radius 2 is 1.44 bits per heavy atom. The van der Waals surface area contributed by atoms with Crippen LogP contribution in [0.4, 0.5) is 0 Å². The summed E-state index contributed by atoms with van der Waals surface area (Å²) >= 11 is 0. The predicted octanol–water partition coefficient (Wildman–Crippen LogP) is 2.14. The Kier molecular flexibility index (Phi) is 36.0. The van der Waals surface area contributed by atoms with Crippen molar-refractivity contribution in [2.45, 2.75) is 19.8 Å². The van der Waals surface area contributed by atoms with Crippen LogP contribution in [0.2, 0.25) is 0 Å². The van der Waals surface area contributed by atoms with E-state index >= 15 is 0 Å². The maximum absolute atomic E-state index is 7.50. The second-order valence-corrected chi connectivity index (χ2v) is 2.35. The fourth-order valence-corrected chi connectivity index (χ4v) is 0.892. The van der Waals surface area contributed by atoms with Crippen LogP contribution in [0, 0.1) is 20.0 Å². The molecule has 5 heteroatoms. The predicted molar refractivity (Wildman–Crippen MR) is 49.9 cm³/mol. The van der Waals surface area contributed by atoms with Crippen LogP contribution in [0.5, 0.6) is 0 Å². The molecule has 0 radical (unpaired) electrons. The SMILES string of the molecule is COC1=CC=C(C)CC1.[C-]#[O+].[C-]#[O+].[C-]#[O+].[Fe]. The molecule has 0 saturated carbocycles. The van der Waals surface area contributed by atoms with E-state index in [2.05, 4.69) is 33.0 Å². The zero-order valence-electron chi connectivity index (χ0n) is 9.06. The molecular weight excluding hydrogens is 252 g/mol. The van der Waals surface area contributed by atoms with Crippen molar-refractivity contribution in [3.63, 3.8) is 0 Å². The standard InChI is InChI=1S/C8H12O.3CO.Fe/c1-7-3-5-8(9-2)6-4-7;3*1-2;/h3,5H,4,6H2,1-2H3;;;;. The molecule has 0 aromatic rings. The third kappa shape index (κ3) is 15.5. The average molecular weight is 264 g/mol. The smallest absolute Gasteiger partial charge is 0 e. The van der Waals surface area contributed by atoms with Gasteiger partial charge in [0, 0.05) is 23.5 Å². The number of allylic oxidation sites excluding steroid dienone is 4. The van der Waals surface area contributed by atoms with Gasteiger partial charge in [-0.2, -0.15) is 0 Å². The number of methoxy groups -OCH3 is 1. The summed E-state index contributed by atoms with van der Waals surface area (Å²) in [6.07, 6.45) is 6.37. The molecule has 1 rings (SSSR count). The number of ether oxygens (including phenoxy) is 1. The number of hydrogen-bond donors (Lipinski definition) is 0. The van der Waals surface area contributed by atoms with Gasteiger partial charge in [0.15, 0.2) is 0 Å². The van der Waals surface area contributed by atoms with E-state index in [1.807, 2.05) is 6.08 Å². The minimum absolute atomic E-state index is 0.